The Kier molecular flexibility index (Phi) is 10.4. The molecule has 1 amide bonds. The van der Waals surface area contributed by atoms with Gasteiger partial charge in [0.15, 0.2) is 0 Å². The molecule has 1 aromatic rings. The Morgan fingerprint density at radius 1 is 0.875 bits per heavy atom. The third kappa shape index (κ3) is 7.89. The summed E-state index contributed by atoms with van der Waals surface area (Å²) >= 11 is 0. The minimum absolute atomic E-state index is 0.0273. The molecule has 2 N–H and O–H groups in total. The van der Waals surface area contributed by atoms with Crippen molar-refractivity contribution in [3.8, 4) is 5.75 Å². The van der Waals surface area contributed by atoms with E-state index in [1.807, 2.05) is 48.6 Å². The van der Waals surface area contributed by atoms with Crippen LogP contribution in [0.5, 0.6) is 5.75 Å². The van der Waals surface area contributed by atoms with Crippen LogP contribution in [0.1, 0.15) is 95.7 Å². The van der Waals surface area contributed by atoms with E-state index < -0.39 is 0 Å². The summed E-state index contributed by atoms with van der Waals surface area (Å²) in [5.41, 5.74) is 2.62. The summed E-state index contributed by atoms with van der Waals surface area (Å²) in [6.07, 6.45) is 23.3. The summed E-state index contributed by atoms with van der Waals surface area (Å²) in [6, 6.07) is 8.04. The topological polar surface area (TPSA) is 50.4 Å². The van der Waals surface area contributed by atoms with Crippen molar-refractivity contribution in [3.63, 3.8) is 0 Å². The van der Waals surface area contributed by atoms with Crippen LogP contribution in [0.25, 0.3) is 0 Å². The van der Waals surface area contributed by atoms with Crippen LogP contribution in [-0.4, -0.2) is 12.5 Å². The highest BCUT2D eigenvalue weighted by Gasteiger charge is 2.26. The van der Waals surface area contributed by atoms with Gasteiger partial charge in [0, 0.05) is 5.70 Å². The Labute approximate surface area is 194 Å². The van der Waals surface area contributed by atoms with Gasteiger partial charge in [-0.3, -0.25) is 4.79 Å². The van der Waals surface area contributed by atoms with Gasteiger partial charge < -0.3 is 15.4 Å². The van der Waals surface area contributed by atoms with E-state index in [2.05, 4.69) is 17.6 Å². The molecule has 1 fully saturated rings. The Morgan fingerprint density at radius 3 is 2.22 bits per heavy atom. The number of nitrogens with one attached hydrogen (secondary N) is 2. The van der Waals surface area contributed by atoms with E-state index in [9.17, 15) is 4.79 Å². The molecule has 1 atom stereocenters. The number of rotatable bonds is 14. The van der Waals surface area contributed by atoms with Gasteiger partial charge in [-0.1, -0.05) is 101 Å². The van der Waals surface area contributed by atoms with E-state index in [-0.39, 0.29) is 12.1 Å². The Hall–Kier alpha value is -2.49. The number of carbonyl (C=O) groups excluding carboxylic acids is 1. The number of carbonyl (C=O) groups is 1. The Balaban J connectivity index is 1.30. The highest BCUT2D eigenvalue weighted by atomic mass is 16.5. The van der Waals surface area contributed by atoms with Gasteiger partial charge in [0.05, 0.1) is 12.2 Å². The van der Waals surface area contributed by atoms with Gasteiger partial charge in [0.1, 0.15) is 11.9 Å². The maximum Gasteiger partial charge on any atom is 0.254 e. The van der Waals surface area contributed by atoms with E-state index in [0.29, 0.717) is 0 Å². The lowest BCUT2D eigenvalue weighted by molar-refractivity contribution is -0.118. The van der Waals surface area contributed by atoms with E-state index >= 15 is 0 Å². The molecule has 1 saturated heterocycles. The molecule has 0 bridgehead atoms. The molecule has 0 radical (unpaired) electrons. The second kappa shape index (κ2) is 13.8. The van der Waals surface area contributed by atoms with Gasteiger partial charge in [-0.2, -0.15) is 0 Å². The van der Waals surface area contributed by atoms with Crippen LogP contribution in [0.4, 0.5) is 0 Å². The van der Waals surface area contributed by atoms with E-state index in [4.69, 9.17) is 4.74 Å². The number of ether oxygens (including phenoxy) is 1. The molecule has 1 unspecified atom stereocenters. The lowest BCUT2D eigenvalue weighted by atomic mass is 10.0. The molecule has 2 aliphatic rings. The molecule has 0 spiro atoms. The molecule has 0 saturated carbocycles. The molecule has 174 valence electrons. The van der Waals surface area contributed by atoms with Crippen molar-refractivity contribution < 1.29 is 9.53 Å². The van der Waals surface area contributed by atoms with Crippen molar-refractivity contribution in [2.24, 2.45) is 0 Å². The number of hydrogen-bond acceptors (Lipinski definition) is 3. The molecule has 1 heterocycles. The maximum atomic E-state index is 12.5. The minimum atomic E-state index is -0.224. The largest absolute Gasteiger partial charge is 0.494 e. The summed E-state index contributed by atoms with van der Waals surface area (Å²) in [7, 11) is 0. The fraction of sp³-hybridized carbons (Fsp3) is 0.536. The van der Waals surface area contributed by atoms with Crippen molar-refractivity contribution in [1.29, 1.82) is 0 Å². The fourth-order valence-electron chi connectivity index (χ4n) is 4.25. The first-order valence-corrected chi connectivity index (χ1v) is 12.7. The predicted molar refractivity (Wildman–Crippen MR) is 132 cm³/mol. The number of allylic oxidation sites excluding steroid dienone is 4. The highest BCUT2D eigenvalue weighted by molar-refractivity contribution is 5.99. The van der Waals surface area contributed by atoms with Crippen LogP contribution < -0.4 is 15.4 Å². The van der Waals surface area contributed by atoms with Crippen LogP contribution in [0.3, 0.4) is 0 Å². The van der Waals surface area contributed by atoms with Crippen molar-refractivity contribution in [2.45, 2.75) is 90.1 Å². The maximum absolute atomic E-state index is 12.5. The quantitative estimate of drug-likeness (QED) is 0.313. The first-order valence-electron chi connectivity index (χ1n) is 12.7. The van der Waals surface area contributed by atoms with Crippen LogP contribution >= 0.6 is 0 Å². The molecule has 1 aliphatic carbocycles. The van der Waals surface area contributed by atoms with E-state index in [1.54, 1.807) is 0 Å². The van der Waals surface area contributed by atoms with Crippen LogP contribution in [0.15, 0.2) is 59.8 Å². The van der Waals surface area contributed by atoms with Crippen LogP contribution in [0, 0.1) is 0 Å². The third-order valence-electron chi connectivity index (χ3n) is 6.20. The molecule has 3 rings (SSSR count). The molecule has 32 heavy (non-hydrogen) atoms. The minimum Gasteiger partial charge on any atom is -0.494 e. The normalized spacial score (nSPS) is 17.5. The smallest absolute Gasteiger partial charge is 0.254 e. The SMILES string of the molecule is CCCCCCCCCCCCCOc1ccc(C2NC(=O)C3=CCC=CC=C3N2)cc1. The summed E-state index contributed by atoms with van der Waals surface area (Å²) in [5.74, 6) is 0.862. The second-order valence-electron chi connectivity index (χ2n) is 8.87. The van der Waals surface area contributed by atoms with Gasteiger partial charge in [0.2, 0.25) is 0 Å². The van der Waals surface area contributed by atoms with Crippen molar-refractivity contribution in [3.05, 3.63) is 65.4 Å². The summed E-state index contributed by atoms with van der Waals surface area (Å²) in [4.78, 5) is 12.5. The number of amides is 1. The van der Waals surface area contributed by atoms with Gasteiger partial charge in [-0.15, -0.1) is 0 Å². The average Bonchev–Trinajstić information content (AvgIpc) is 3.06. The lowest BCUT2D eigenvalue weighted by Crippen LogP contribution is -2.45. The van der Waals surface area contributed by atoms with Crippen LogP contribution in [0.2, 0.25) is 0 Å². The van der Waals surface area contributed by atoms with Gasteiger partial charge >= 0.3 is 0 Å². The average molecular weight is 437 g/mol. The van der Waals surface area contributed by atoms with Crippen LogP contribution in [-0.2, 0) is 4.79 Å². The van der Waals surface area contributed by atoms with Gasteiger partial charge in [0.25, 0.3) is 5.91 Å². The summed E-state index contributed by atoms with van der Waals surface area (Å²) < 4.78 is 5.92. The first kappa shape index (κ1) is 24.2. The van der Waals surface area contributed by atoms with Crippen molar-refractivity contribution in [2.75, 3.05) is 6.61 Å². The standard InChI is InChI=1S/C28H40N2O2/c1-2-3-4-5-6-7-8-9-10-11-15-22-32-24-20-18-23(19-21-24)27-29-26-17-14-12-13-16-25(26)28(31)30-27/h12,14,16-21,27,29H,2-11,13,15,22H2,1H3,(H,30,31). The number of unbranched alkanes of at least 4 members (excludes halogenated alkanes) is 10. The molecular formula is C28H40N2O2. The molecule has 4 heteroatoms. The Morgan fingerprint density at radius 2 is 1.53 bits per heavy atom. The highest BCUT2D eigenvalue weighted by Crippen LogP contribution is 2.25. The van der Waals surface area contributed by atoms with E-state index in [0.717, 1.165) is 42.0 Å². The first-order chi connectivity index (χ1) is 15.8. The summed E-state index contributed by atoms with van der Waals surface area (Å²) in [6.45, 7) is 3.04. The zero-order valence-electron chi connectivity index (χ0n) is 19.7. The van der Waals surface area contributed by atoms with E-state index in [1.165, 1.54) is 64.2 Å². The number of hydrogen-bond donors (Lipinski definition) is 2. The fourth-order valence-corrected chi connectivity index (χ4v) is 4.25. The van der Waals surface area contributed by atoms with Crippen molar-refractivity contribution in [1.82, 2.24) is 10.6 Å². The van der Waals surface area contributed by atoms with Crippen molar-refractivity contribution >= 4 is 5.91 Å². The zero-order chi connectivity index (χ0) is 22.4. The molecule has 0 aromatic heterocycles. The Bertz CT molecular complexity index is 792. The molecule has 4 nitrogen and oxygen atoms in total. The number of fused-ring (bicyclic) bond motifs is 1. The predicted octanol–water partition coefficient (Wildman–Crippen LogP) is 6.86. The monoisotopic (exact) mass is 436 g/mol. The summed E-state index contributed by atoms with van der Waals surface area (Å²) in [5, 5.41) is 6.47. The molecule has 1 aliphatic heterocycles. The van der Waals surface area contributed by atoms with Gasteiger partial charge in [-0.05, 0) is 36.6 Å². The lowest BCUT2D eigenvalue weighted by Gasteiger charge is -2.29. The third-order valence-corrected chi connectivity index (χ3v) is 6.20. The molecular weight excluding hydrogens is 396 g/mol. The number of benzene rings is 1. The second-order valence-corrected chi connectivity index (χ2v) is 8.87. The van der Waals surface area contributed by atoms with Gasteiger partial charge in [-0.25, -0.2) is 0 Å². The molecule has 1 aromatic carbocycles. The zero-order valence-corrected chi connectivity index (χ0v) is 19.7.